The summed E-state index contributed by atoms with van der Waals surface area (Å²) in [4.78, 5) is 12.1. The van der Waals surface area contributed by atoms with Crippen LogP contribution in [0.25, 0.3) is 0 Å². The molecular weight excluding hydrogens is 316 g/mol. The molecule has 1 rings (SSSR count). The SMILES string of the molecule is COc1ccc(O)c([C@@H](O)CC(=O)CC/C=C(\C)CCC=C(C)C)c1. The van der Waals surface area contributed by atoms with Crippen molar-refractivity contribution in [3.63, 3.8) is 0 Å². The number of carbonyl (C=O) groups excluding carboxylic acids is 1. The van der Waals surface area contributed by atoms with Gasteiger partial charge in [0, 0.05) is 18.4 Å². The quantitative estimate of drug-likeness (QED) is 0.593. The van der Waals surface area contributed by atoms with Crippen molar-refractivity contribution in [2.75, 3.05) is 7.11 Å². The average Bonchev–Trinajstić information content (AvgIpc) is 2.54. The lowest BCUT2D eigenvalue weighted by Gasteiger charge is -2.13. The number of Topliss-reactive ketones (excluding diaryl/α,β-unsaturated/α-hetero) is 1. The van der Waals surface area contributed by atoms with E-state index in [1.54, 1.807) is 12.1 Å². The Kier molecular flexibility index (Phi) is 9.00. The monoisotopic (exact) mass is 346 g/mol. The van der Waals surface area contributed by atoms with E-state index in [2.05, 4.69) is 32.9 Å². The van der Waals surface area contributed by atoms with Gasteiger partial charge >= 0.3 is 0 Å². The first kappa shape index (κ1) is 21.0. The molecule has 0 saturated heterocycles. The van der Waals surface area contributed by atoms with Gasteiger partial charge in [0.2, 0.25) is 0 Å². The summed E-state index contributed by atoms with van der Waals surface area (Å²) in [7, 11) is 1.51. The van der Waals surface area contributed by atoms with E-state index in [-0.39, 0.29) is 18.0 Å². The first-order valence-electron chi connectivity index (χ1n) is 8.69. The van der Waals surface area contributed by atoms with Crippen LogP contribution in [0.2, 0.25) is 0 Å². The lowest BCUT2D eigenvalue weighted by Crippen LogP contribution is -2.07. The maximum Gasteiger partial charge on any atom is 0.136 e. The standard InChI is InChI=1S/C21H30O4/c1-15(2)7-5-8-16(3)9-6-10-17(22)13-21(24)19-14-18(25-4)11-12-20(19)23/h7,9,11-12,14,21,23-24H,5-6,8,10,13H2,1-4H3/b16-9+/t21-/m0/s1. The zero-order valence-electron chi connectivity index (χ0n) is 15.7. The van der Waals surface area contributed by atoms with Crippen LogP contribution in [0.4, 0.5) is 0 Å². The van der Waals surface area contributed by atoms with Gasteiger partial charge in [-0.25, -0.2) is 0 Å². The van der Waals surface area contributed by atoms with Gasteiger partial charge in [-0.2, -0.15) is 0 Å². The van der Waals surface area contributed by atoms with Crippen LogP contribution in [-0.4, -0.2) is 23.1 Å². The van der Waals surface area contributed by atoms with Gasteiger partial charge in [-0.1, -0.05) is 23.3 Å². The third-order valence-electron chi connectivity index (χ3n) is 4.02. The number of rotatable bonds is 10. The van der Waals surface area contributed by atoms with E-state index in [9.17, 15) is 15.0 Å². The molecule has 4 heteroatoms. The van der Waals surface area contributed by atoms with Gasteiger partial charge in [-0.3, -0.25) is 4.79 Å². The molecule has 0 bridgehead atoms. The summed E-state index contributed by atoms with van der Waals surface area (Å²) < 4.78 is 5.08. The minimum atomic E-state index is -1.02. The smallest absolute Gasteiger partial charge is 0.136 e. The number of benzene rings is 1. The predicted molar refractivity (Wildman–Crippen MR) is 101 cm³/mol. The van der Waals surface area contributed by atoms with Gasteiger partial charge < -0.3 is 14.9 Å². The van der Waals surface area contributed by atoms with E-state index < -0.39 is 6.10 Å². The lowest BCUT2D eigenvalue weighted by molar-refractivity contribution is -0.120. The van der Waals surface area contributed by atoms with Crippen molar-refractivity contribution in [1.29, 1.82) is 0 Å². The molecule has 0 fully saturated rings. The maximum absolute atomic E-state index is 12.1. The summed E-state index contributed by atoms with van der Waals surface area (Å²) >= 11 is 0. The topological polar surface area (TPSA) is 66.8 Å². The summed E-state index contributed by atoms with van der Waals surface area (Å²) in [5, 5.41) is 20.1. The number of aliphatic hydroxyl groups is 1. The number of aromatic hydroxyl groups is 1. The zero-order chi connectivity index (χ0) is 18.8. The van der Waals surface area contributed by atoms with E-state index in [1.165, 1.54) is 24.3 Å². The van der Waals surface area contributed by atoms with Crippen LogP contribution in [0.1, 0.15) is 64.5 Å². The number of hydrogen-bond acceptors (Lipinski definition) is 4. The molecule has 0 amide bonds. The van der Waals surface area contributed by atoms with Gasteiger partial charge in [0.1, 0.15) is 17.3 Å². The van der Waals surface area contributed by atoms with Gasteiger partial charge in [0.15, 0.2) is 0 Å². The van der Waals surface area contributed by atoms with E-state index >= 15 is 0 Å². The Balaban J connectivity index is 2.47. The zero-order valence-corrected chi connectivity index (χ0v) is 15.7. The normalized spacial score (nSPS) is 12.6. The molecule has 0 aromatic heterocycles. The largest absolute Gasteiger partial charge is 0.508 e. The highest BCUT2D eigenvalue weighted by Gasteiger charge is 2.17. The Morgan fingerprint density at radius 3 is 2.48 bits per heavy atom. The highest BCUT2D eigenvalue weighted by Crippen LogP contribution is 2.30. The van der Waals surface area contributed by atoms with Crippen molar-refractivity contribution >= 4 is 5.78 Å². The van der Waals surface area contributed by atoms with Crippen molar-refractivity contribution in [3.8, 4) is 11.5 Å². The molecule has 2 N–H and O–H groups in total. The van der Waals surface area contributed by atoms with Crippen molar-refractivity contribution in [2.24, 2.45) is 0 Å². The lowest BCUT2D eigenvalue weighted by atomic mass is 10.00. The molecule has 138 valence electrons. The minimum Gasteiger partial charge on any atom is -0.508 e. The van der Waals surface area contributed by atoms with Crippen LogP contribution < -0.4 is 4.74 Å². The summed E-state index contributed by atoms with van der Waals surface area (Å²) in [6.07, 6.45) is 6.35. The summed E-state index contributed by atoms with van der Waals surface area (Å²) in [5.74, 6) is 0.480. The fourth-order valence-corrected chi connectivity index (χ4v) is 2.52. The van der Waals surface area contributed by atoms with Gasteiger partial charge in [0.25, 0.3) is 0 Å². The van der Waals surface area contributed by atoms with Crippen LogP contribution in [0.15, 0.2) is 41.5 Å². The second kappa shape index (κ2) is 10.7. The van der Waals surface area contributed by atoms with Gasteiger partial charge in [0.05, 0.1) is 13.2 Å². The number of phenols is 1. The number of methoxy groups -OCH3 is 1. The number of ketones is 1. The second-order valence-electron chi connectivity index (χ2n) is 6.59. The summed E-state index contributed by atoms with van der Waals surface area (Å²) in [6, 6.07) is 4.62. The van der Waals surface area contributed by atoms with Crippen LogP contribution >= 0.6 is 0 Å². The average molecular weight is 346 g/mol. The van der Waals surface area contributed by atoms with Crippen LogP contribution in [0.3, 0.4) is 0 Å². The van der Waals surface area contributed by atoms with Crippen molar-refractivity contribution < 1.29 is 19.7 Å². The third-order valence-corrected chi connectivity index (χ3v) is 4.02. The van der Waals surface area contributed by atoms with Gasteiger partial charge in [-0.15, -0.1) is 0 Å². The molecule has 1 aromatic carbocycles. The number of phenolic OH excluding ortho intramolecular Hbond substituents is 1. The van der Waals surface area contributed by atoms with Crippen LogP contribution in [0, 0.1) is 0 Å². The van der Waals surface area contributed by atoms with Gasteiger partial charge in [-0.05, 0) is 58.2 Å². The molecule has 0 aliphatic rings. The Labute approximate surface area is 150 Å². The molecule has 0 aliphatic carbocycles. The molecule has 25 heavy (non-hydrogen) atoms. The van der Waals surface area contributed by atoms with E-state index in [4.69, 9.17) is 4.74 Å². The molecule has 0 saturated carbocycles. The fourth-order valence-electron chi connectivity index (χ4n) is 2.52. The Morgan fingerprint density at radius 1 is 1.16 bits per heavy atom. The van der Waals surface area contributed by atoms with Crippen LogP contribution in [-0.2, 0) is 4.79 Å². The summed E-state index contributed by atoms with van der Waals surface area (Å²) in [5.41, 5.74) is 2.91. The first-order valence-corrected chi connectivity index (χ1v) is 8.69. The number of allylic oxidation sites excluding steroid dienone is 4. The molecule has 0 spiro atoms. The van der Waals surface area contributed by atoms with E-state index in [0.717, 1.165) is 12.8 Å². The number of aliphatic hydroxyl groups excluding tert-OH is 1. The van der Waals surface area contributed by atoms with E-state index in [0.29, 0.717) is 24.2 Å². The second-order valence-corrected chi connectivity index (χ2v) is 6.59. The minimum absolute atomic E-state index is 0.00855. The third kappa shape index (κ3) is 8.03. The molecule has 1 aromatic rings. The van der Waals surface area contributed by atoms with Crippen LogP contribution in [0.5, 0.6) is 11.5 Å². The molecule has 0 unspecified atom stereocenters. The highest BCUT2D eigenvalue weighted by molar-refractivity contribution is 5.79. The molecule has 4 nitrogen and oxygen atoms in total. The molecular formula is C21H30O4. The molecule has 0 radical (unpaired) electrons. The predicted octanol–water partition coefficient (Wildman–Crippen LogP) is 4.87. The first-order chi connectivity index (χ1) is 11.8. The molecule has 1 atom stereocenters. The molecule has 0 aliphatic heterocycles. The molecule has 0 heterocycles. The maximum atomic E-state index is 12.1. The van der Waals surface area contributed by atoms with E-state index in [1.807, 2.05) is 0 Å². The summed E-state index contributed by atoms with van der Waals surface area (Å²) in [6.45, 7) is 6.25. The number of carbonyl (C=O) groups is 1. The number of hydrogen-bond donors (Lipinski definition) is 2. The number of ether oxygens (including phenoxy) is 1. The Bertz CT molecular complexity index is 625. The van der Waals surface area contributed by atoms with Crippen molar-refractivity contribution in [2.45, 2.75) is 59.0 Å². The van der Waals surface area contributed by atoms with Crippen molar-refractivity contribution in [1.82, 2.24) is 0 Å². The Hall–Kier alpha value is -2.07. The fraction of sp³-hybridized carbons (Fsp3) is 0.476. The van der Waals surface area contributed by atoms with Crippen molar-refractivity contribution in [3.05, 3.63) is 47.1 Å². The highest BCUT2D eigenvalue weighted by atomic mass is 16.5. The Morgan fingerprint density at radius 2 is 1.84 bits per heavy atom.